The highest BCUT2D eigenvalue weighted by atomic mass is 35.5. The molecule has 1 fully saturated rings. The Morgan fingerprint density at radius 2 is 1.95 bits per heavy atom. The van der Waals surface area contributed by atoms with E-state index in [-0.39, 0.29) is 5.54 Å². The third-order valence-corrected chi connectivity index (χ3v) is 4.14. The molecule has 0 radical (unpaired) electrons. The van der Waals surface area contributed by atoms with Crippen LogP contribution in [0.3, 0.4) is 0 Å². The molecule has 1 heterocycles. The number of benzene rings is 1. The summed E-state index contributed by atoms with van der Waals surface area (Å²) in [7, 11) is 0. The summed E-state index contributed by atoms with van der Waals surface area (Å²) < 4.78 is 13.3. The lowest BCUT2D eigenvalue weighted by Gasteiger charge is -2.46. The first-order chi connectivity index (χ1) is 8.84. The van der Waals surface area contributed by atoms with E-state index in [0.717, 1.165) is 25.2 Å². The molecule has 1 N–H and O–H groups in total. The molecule has 106 valence electrons. The van der Waals surface area contributed by atoms with Crippen molar-refractivity contribution in [2.75, 3.05) is 18.0 Å². The molecule has 0 bridgehead atoms. The fourth-order valence-corrected chi connectivity index (χ4v) is 3.23. The summed E-state index contributed by atoms with van der Waals surface area (Å²) in [6.45, 7) is 8.06. The molecule has 1 aromatic carbocycles. The van der Waals surface area contributed by atoms with E-state index in [0.29, 0.717) is 16.1 Å². The molecule has 1 saturated heterocycles. The molecular formula is C14H19Cl2FN2. The lowest BCUT2D eigenvalue weighted by Crippen LogP contribution is -2.61. The van der Waals surface area contributed by atoms with E-state index in [4.69, 9.17) is 23.2 Å². The molecule has 1 aromatic rings. The van der Waals surface area contributed by atoms with Crippen LogP contribution in [0.4, 0.5) is 10.1 Å². The number of halogens is 3. The normalized spacial score (nSPS) is 22.6. The highest BCUT2D eigenvalue weighted by Gasteiger charge is 2.33. The largest absolute Gasteiger partial charge is 0.363 e. The van der Waals surface area contributed by atoms with E-state index in [1.165, 1.54) is 12.1 Å². The Hall–Kier alpha value is -0.510. The van der Waals surface area contributed by atoms with Crippen LogP contribution in [0.25, 0.3) is 0 Å². The third-order valence-electron chi connectivity index (χ3n) is 3.56. The first-order valence-corrected chi connectivity index (χ1v) is 7.26. The number of rotatable bonds is 2. The average molecular weight is 305 g/mol. The Morgan fingerprint density at radius 3 is 2.47 bits per heavy atom. The first-order valence-electron chi connectivity index (χ1n) is 6.50. The van der Waals surface area contributed by atoms with Gasteiger partial charge in [-0.25, -0.2) is 4.39 Å². The predicted octanol–water partition coefficient (Wildman–Crippen LogP) is 4.10. The molecule has 0 aliphatic carbocycles. The smallest absolute Gasteiger partial charge is 0.126 e. The summed E-state index contributed by atoms with van der Waals surface area (Å²) in [5.74, 6) is -0.402. The minimum atomic E-state index is -0.402. The molecule has 19 heavy (non-hydrogen) atoms. The number of nitrogens with one attached hydrogen (secondary N) is 1. The topological polar surface area (TPSA) is 15.3 Å². The minimum Gasteiger partial charge on any atom is -0.363 e. The maximum atomic E-state index is 13.3. The summed E-state index contributed by atoms with van der Waals surface area (Å²) in [4.78, 5) is 2.20. The van der Waals surface area contributed by atoms with Crippen molar-refractivity contribution in [3.8, 4) is 0 Å². The van der Waals surface area contributed by atoms with Gasteiger partial charge in [-0.1, -0.05) is 30.1 Å². The molecular weight excluding hydrogens is 286 g/mol. The van der Waals surface area contributed by atoms with E-state index in [9.17, 15) is 4.39 Å². The maximum Gasteiger partial charge on any atom is 0.126 e. The van der Waals surface area contributed by atoms with Crippen LogP contribution in [0.15, 0.2) is 12.1 Å². The zero-order valence-electron chi connectivity index (χ0n) is 11.4. The second-order valence-electron chi connectivity index (χ2n) is 5.67. The molecule has 1 unspecified atom stereocenters. The van der Waals surface area contributed by atoms with E-state index < -0.39 is 5.82 Å². The summed E-state index contributed by atoms with van der Waals surface area (Å²) >= 11 is 12.4. The molecule has 5 heteroatoms. The van der Waals surface area contributed by atoms with Gasteiger partial charge < -0.3 is 10.2 Å². The number of nitrogens with zero attached hydrogens (tertiary/aromatic N) is 1. The van der Waals surface area contributed by atoms with Gasteiger partial charge in [0.1, 0.15) is 5.82 Å². The van der Waals surface area contributed by atoms with E-state index in [2.05, 4.69) is 31.0 Å². The van der Waals surface area contributed by atoms with Crippen LogP contribution in [0.1, 0.15) is 27.2 Å². The molecule has 1 aliphatic heterocycles. The first kappa shape index (κ1) is 14.9. The molecule has 0 spiro atoms. The quantitative estimate of drug-likeness (QED) is 0.885. The second-order valence-corrected chi connectivity index (χ2v) is 6.49. The van der Waals surface area contributed by atoms with Crippen LogP contribution in [-0.4, -0.2) is 24.7 Å². The maximum absolute atomic E-state index is 13.3. The molecule has 1 atom stereocenters. The summed E-state index contributed by atoms with van der Waals surface area (Å²) in [5, 5.41) is 4.26. The monoisotopic (exact) mass is 304 g/mol. The van der Waals surface area contributed by atoms with Crippen LogP contribution in [0.5, 0.6) is 0 Å². The summed E-state index contributed by atoms with van der Waals surface area (Å²) in [5.41, 5.74) is 0.721. The molecule has 0 saturated carbocycles. The van der Waals surface area contributed by atoms with Crippen molar-refractivity contribution in [1.82, 2.24) is 5.32 Å². The van der Waals surface area contributed by atoms with Gasteiger partial charge in [-0.05, 0) is 32.4 Å². The van der Waals surface area contributed by atoms with Crippen LogP contribution >= 0.6 is 23.2 Å². The molecule has 2 rings (SSSR count). The summed E-state index contributed by atoms with van der Waals surface area (Å²) in [6, 6.07) is 2.96. The molecule has 0 aromatic heterocycles. The average Bonchev–Trinajstić information content (AvgIpc) is 2.26. The van der Waals surface area contributed by atoms with Gasteiger partial charge in [-0.2, -0.15) is 0 Å². The zero-order chi connectivity index (χ0) is 14.2. The van der Waals surface area contributed by atoms with Gasteiger partial charge in [-0.3, -0.25) is 0 Å². The predicted molar refractivity (Wildman–Crippen MR) is 79.9 cm³/mol. The van der Waals surface area contributed by atoms with Gasteiger partial charge in [0.15, 0.2) is 0 Å². The fraction of sp³-hybridized carbons (Fsp3) is 0.571. The number of anilines is 1. The standard InChI is InChI=1S/C14H19Cl2FN2/c1-4-10-7-18-14(2,3)8-19(10)13-11(15)5-9(17)6-12(13)16/h5-6,10,18H,4,7-8H2,1-3H3. The van der Waals surface area contributed by atoms with E-state index in [1.807, 2.05) is 0 Å². The SMILES string of the molecule is CCC1CNC(C)(C)CN1c1c(Cl)cc(F)cc1Cl. The second kappa shape index (κ2) is 5.47. The van der Waals surface area contributed by atoms with E-state index in [1.54, 1.807) is 0 Å². The van der Waals surface area contributed by atoms with Crippen molar-refractivity contribution >= 4 is 28.9 Å². The van der Waals surface area contributed by atoms with Gasteiger partial charge in [0.25, 0.3) is 0 Å². The van der Waals surface area contributed by atoms with Crippen molar-refractivity contribution in [2.45, 2.75) is 38.8 Å². The van der Waals surface area contributed by atoms with Crippen LogP contribution < -0.4 is 10.2 Å². The van der Waals surface area contributed by atoms with Gasteiger partial charge >= 0.3 is 0 Å². The van der Waals surface area contributed by atoms with E-state index >= 15 is 0 Å². The lowest BCUT2D eigenvalue weighted by molar-refractivity contribution is 0.306. The van der Waals surface area contributed by atoms with Gasteiger partial charge in [0.05, 0.1) is 15.7 Å². The lowest BCUT2D eigenvalue weighted by atomic mass is 9.97. The van der Waals surface area contributed by atoms with Crippen molar-refractivity contribution in [3.63, 3.8) is 0 Å². The fourth-order valence-electron chi connectivity index (χ4n) is 2.55. The number of hydrogen-bond acceptors (Lipinski definition) is 2. The Labute approximate surface area is 123 Å². The Kier molecular flexibility index (Phi) is 4.29. The molecule has 2 nitrogen and oxygen atoms in total. The van der Waals surface area contributed by atoms with Crippen molar-refractivity contribution in [2.24, 2.45) is 0 Å². The Balaban J connectivity index is 2.42. The van der Waals surface area contributed by atoms with Gasteiger partial charge in [0, 0.05) is 24.7 Å². The van der Waals surface area contributed by atoms with Crippen LogP contribution in [-0.2, 0) is 0 Å². The molecule has 0 amide bonds. The van der Waals surface area contributed by atoms with Gasteiger partial charge in [0.2, 0.25) is 0 Å². The highest BCUT2D eigenvalue weighted by molar-refractivity contribution is 6.39. The minimum absolute atomic E-state index is 0.0211. The van der Waals surface area contributed by atoms with Crippen LogP contribution in [0.2, 0.25) is 10.0 Å². The Morgan fingerprint density at radius 1 is 1.37 bits per heavy atom. The van der Waals surface area contributed by atoms with Gasteiger partial charge in [-0.15, -0.1) is 0 Å². The highest BCUT2D eigenvalue weighted by Crippen LogP contribution is 2.38. The van der Waals surface area contributed by atoms with Crippen molar-refractivity contribution in [3.05, 3.63) is 28.0 Å². The molecule has 1 aliphatic rings. The number of hydrogen-bond donors (Lipinski definition) is 1. The van der Waals surface area contributed by atoms with Crippen molar-refractivity contribution in [1.29, 1.82) is 0 Å². The zero-order valence-corrected chi connectivity index (χ0v) is 12.9. The Bertz CT molecular complexity index is 454. The van der Waals surface area contributed by atoms with Crippen molar-refractivity contribution < 1.29 is 4.39 Å². The third kappa shape index (κ3) is 3.15. The number of piperazine rings is 1. The summed E-state index contributed by atoms with van der Waals surface area (Å²) in [6.07, 6.45) is 0.979. The van der Waals surface area contributed by atoms with Crippen LogP contribution in [0, 0.1) is 5.82 Å².